The second kappa shape index (κ2) is 9.76. The number of benzene rings is 1. The molecule has 1 aliphatic carbocycles. The predicted octanol–water partition coefficient (Wildman–Crippen LogP) is 4.98. The number of aromatic nitrogens is 2. The third kappa shape index (κ3) is 4.75. The summed E-state index contributed by atoms with van der Waals surface area (Å²) in [6.07, 6.45) is 8.53. The quantitative estimate of drug-likeness (QED) is 0.654. The Morgan fingerprint density at radius 2 is 1.93 bits per heavy atom. The van der Waals surface area contributed by atoms with Crippen LogP contribution >= 0.6 is 0 Å². The van der Waals surface area contributed by atoms with E-state index in [4.69, 9.17) is 9.72 Å². The summed E-state index contributed by atoms with van der Waals surface area (Å²) in [6, 6.07) is 7.95. The average molecular weight is 384 g/mol. The molecule has 1 aliphatic rings. The number of imidazole rings is 1. The fourth-order valence-electron chi connectivity index (χ4n) is 4.02. The number of carbonyl (C=O) groups excluding carboxylic acids is 1. The number of methoxy groups -OCH3 is 1. The molecule has 0 atom stereocenters. The number of carbonyl (C=O) groups is 1. The van der Waals surface area contributed by atoms with Gasteiger partial charge in [0.15, 0.2) is 0 Å². The molecule has 1 N–H and O–H groups in total. The van der Waals surface area contributed by atoms with E-state index in [9.17, 15) is 4.79 Å². The van der Waals surface area contributed by atoms with Gasteiger partial charge in [-0.2, -0.15) is 0 Å². The molecule has 1 aromatic carbocycles. The first kappa shape index (κ1) is 20.4. The summed E-state index contributed by atoms with van der Waals surface area (Å²) in [5.74, 6) is 2.30. The lowest BCUT2D eigenvalue weighted by atomic mass is 9.89. The molecule has 1 fully saturated rings. The van der Waals surface area contributed by atoms with E-state index in [-0.39, 0.29) is 5.91 Å². The molecule has 0 bridgehead atoms. The average Bonchev–Trinajstić information content (AvgIpc) is 3.05. The van der Waals surface area contributed by atoms with Crippen molar-refractivity contribution in [1.82, 2.24) is 14.9 Å². The van der Waals surface area contributed by atoms with Crippen molar-refractivity contribution in [3.8, 4) is 17.1 Å². The van der Waals surface area contributed by atoms with Crippen LogP contribution < -0.4 is 10.1 Å². The van der Waals surface area contributed by atoms with Crippen molar-refractivity contribution >= 4 is 5.91 Å². The Labute approximate surface area is 168 Å². The molecule has 1 saturated carbocycles. The summed E-state index contributed by atoms with van der Waals surface area (Å²) in [5, 5.41) is 3.02. The molecule has 5 nitrogen and oxygen atoms in total. The molecule has 2 aromatic rings. The Hall–Kier alpha value is -2.30. The summed E-state index contributed by atoms with van der Waals surface area (Å²) in [4.78, 5) is 17.5. The summed E-state index contributed by atoms with van der Waals surface area (Å²) in [6.45, 7) is 5.78. The first-order valence-corrected chi connectivity index (χ1v) is 10.6. The van der Waals surface area contributed by atoms with E-state index in [0.29, 0.717) is 18.2 Å². The second-order valence-electron chi connectivity index (χ2n) is 7.82. The van der Waals surface area contributed by atoms with E-state index in [0.717, 1.165) is 42.2 Å². The van der Waals surface area contributed by atoms with Gasteiger partial charge in [0.25, 0.3) is 5.91 Å². The molecular formula is C23H33N3O2. The van der Waals surface area contributed by atoms with Gasteiger partial charge in [0.05, 0.1) is 7.11 Å². The molecule has 0 saturated heterocycles. The molecule has 0 unspecified atom stereocenters. The number of nitrogens with one attached hydrogen (secondary N) is 1. The maximum Gasteiger partial charge on any atom is 0.271 e. The van der Waals surface area contributed by atoms with Crippen molar-refractivity contribution in [2.45, 2.75) is 65.3 Å². The highest BCUT2D eigenvalue weighted by Gasteiger charge is 2.23. The van der Waals surface area contributed by atoms with Crippen LogP contribution in [-0.2, 0) is 6.54 Å². The van der Waals surface area contributed by atoms with Gasteiger partial charge in [-0.05, 0) is 56.4 Å². The summed E-state index contributed by atoms with van der Waals surface area (Å²) in [5.41, 5.74) is 2.54. The van der Waals surface area contributed by atoms with E-state index >= 15 is 0 Å². The maximum absolute atomic E-state index is 12.7. The van der Waals surface area contributed by atoms with Crippen LogP contribution in [0.25, 0.3) is 11.4 Å². The molecule has 28 heavy (non-hydrogen) atoms. The highest BCUT2D eigenvalue weighted by atomic mass is 16.5. The number of nitrogens with zero attached hydrogens (tertiary/aromatic N) is 2. The van der Waals surface area contributed by atoms with Crippen molar-refractivity contribution in [1.29, 1.82) is 0 Å². The molecule has 0 spiro atoms. The molecule has 0 radical (unpaired) electrons. The number of amides is 1. The standard InChI is InChI=1S/C23H33N3O2/c1-4-5-15-24-23(27)21-17(2)26(16-18-9-7-6-8-10-18)22(25-21)19-11-13-20(28-3)14-12-19/h11-14,18H,4-10,15-16H2,1-3H3,(H,24,27). The van der Waals surface area contributed by atoms with E-state index < -0.39 is 0 Å². The number of unbranched alkanes of at least 4 members (excludes halogenated alkanes) is 1. The zero-order chi connectivity index (χ0) is 19.9. The molecule has 152 valence electrons. The lowest BCUT2D eigenvalue weighted by molar-refractivity contribution is 0.0948. The number of ether oxygens (including phenoxy) is 1. The largest absolute Gasteiger partial charge is 0.497 e. The lowest BCUT2D eigenvalue weighted by Crippen LogP contribution is -2.25. The summed E-state index contributed by atoms with van der Waals surface area (Å²) < 4.78 is 7.54. The fraction of sp³-hybridized carbons (Fsp3) is 0.565. The van der Waals surface area contributed by atoms with Gasteiger partial charge in [0, 0.05) is 24.3 Å². The maximum atomic E-state index is 12.7. The van der Waals surface area contributed by atoms with Gasteiger partial charge >= 0.3 is 0 Å². The van der Waals surface area contributed by atoms with Gasteiger partial charge in [0.1, 0.15) is 17.3 Å². The normalized spacial score (nSPS) is 14.8. The van der Waals surface area contributed by atoms with Crippen LogP contribution in [0, 0.1) is 12.8 Å². The monoisotopic (exact) mass is 383 g/mol. The highest BCUT2D eigenvalue weighted by molar-refractivity contribution is 5.94. The summed E-state index contributed by atoms with van der Waals surface area (Å²) >= 11 is 0. The second-order valence-corrected chi connectivity index (χ2v) is 7.82. The molecule has 5 heteroatoms. The fourth-order valence-corrected chi connectivity index (χ4v) is 4.02. The summed E-state index contributed by atoms with van der Waals surface area (Å²) in [7, 11) is 1.67. The van der Waals surface area contributed by atoms with Crippen LogP contribution in [0.5, 0.6) is 5.75 Å². The van der Waals surface area contributed by atoms with Gasteiger partial charge in [-0.3, -0.25) is 4.79 Å². The highest BCUT2D eigenvalue weighted by Crippen LogP contribution is 2.30. The van der Waals surface area contributed by atoms with Crippen LogP contribution in [0.2, 0.25) is 0 Å². The van der Waals surface area contributed by atoms with Crippen LogP contribution in [0.4, 0.5) is 0 Å². The SMILES string of the molecule is CCCCNC(=O)c1nc(-c2ccc(OC)cc2)n(CC2CCCCC2)c1C. The Balaban J connectivity index is 1.92. The Morgan fingerprint density at radius 1 is 1.21 bits per heavy atom. The molecule has 1 amide bonds. The number of hydrogen-bond acceptors (Lipinski definition) is 3. The van der Waals surface area contributed by atoms with Crippen molar-refractivity contribution in [2.24, 2.45) is 5.92 Å². The van der Waals surface area contributed by atoms with Gasteiger partial charge in [-0.15, -0.1) is 0 Å². The Bertz CT molecular complexity index is 774. The van der Waals surface area contributed by atoms with E-state index in [1.807, 2.05) is 31.2 Å². The number of hydrogen-bond donors (Lipinski definition) is 1. The number of rotatable bonds is 8. The topological polar surface area (TPSA) is 56.1 Å². The first-order valence-electron chi connectivity index (χ1n) is 10.6. The third-order valence-electron chi connectivity index (χ3n) is 5.77. The van der Waals surface area contributed by atoms with Crippen LogP contribution in [0.1, 0.15) is 68.1 Å². The van der Waals surface area contributed by atoms with Crippen molar-refractivity contribution < 1.29 is 9.53 Å². The molecule has 1 aromatic heterocycles. The zero-order valence-corrected chi connectivity index (χ0v) is 17.5. The predicted molar refractivity (Wildman–Crippen MR) is 113 cm³/mol. The Morgan fingerprint density at radius 3 is 2.57 bits per heavy atom. The van der Waals surface area contributed by atoms with Crippen molar-refractivity contribution in [2.75, 3.05) is 13.7 Å². The Kier molecular flexibility index (Phi) is 7.12. The van der Waals surface area contributed by atoms with Crippen molar-refractivity contribution in [3.05, 3.63) is 35.7 Å². The molecule has 1 heterocycles. The zero-order valence-electron chi connectivity index (χ0n) is 17.5. The van der Waals surface area contributed by atoms with Gasteiger partial charge in [-0.1, -0.05) is 32.6 Å². The van der Waals surface area contributed by atoms with E-state index in [1.54, 1.807) is 7.11 Å². The minimum absolute atomic E-state index is 0.0666. The van der Waals surface area contributed by atoms with Gasteiger partial charge in [0.2, 0.25) is 0 Å². The van der Waals surface area contributed by atoms with Gasteiger partial charge in [-0.25, -0.2) is 4.98 Å². The third-order valence-corrected chi connectivity index (χ3v) is 5.77. The minimum atomic E-state index is -0.0666. The van der Waals surface area contributed by atoms with Crippen LogP contribution in [-0.4, -0.2) is 29.1 Å². The van der Waals surface area contributed by atoms with Crippen LogP contribution in [0.3, 0.4) is 0 Å². The first-order chi connectivity index (χ1) is 13.6. The van der Waals surface area contributed by atoms with E-state index in [2.05, 4.69) is 16.8 Å². The van der Waals surface area contributed by atoms with E-state index in [1.165, 1.54) is 32.1 Å². The molecular weight excluding hydrogens is 350 g/mol. The van der Waals surface area contributed by atoms with Gasteiger partial charge < -0.3 is 14.6 Å². The molecule has 0 aliphatic heterocycles. The minimum Gasteiger partial charge on any atom is -0.497 e. The van der Waals surface area contributed by atoms with Crippen LogP contribution in [0.15, 0.2) is 24.3 Å². The smallest absolute Gasteiger partial charge is 0.271 e. The van der Waals surface area contributed by atoms with Crippen molar-refractivity contribution in [3.63, 3.8) is 0 Å². The molecule has 3 rings (SSSR count). The lowest BCUT2D eigenvalue weighted by Gasteiger charge is -2.23.